The highest BCUT2D eigenvalue weighted by molar-refractivity contribution is 7.80. The molecule has 1 unspecified atom stereocenters. The van der Waals surface area contributed by atoms with Crippen LogP contribution in [0.15, 0.2) is 16.8 Å². The van der Waals surface area contributed by atoms with E-state index >= 15 is 0 Å². The van der Waals surface area contributed by atoms with E-state index in [1.807, 2.05) is 13.1 Å². The average Bonchev–Trinajstić information content (AvgIpc) is 3.09. The summed E-state index contributed by atoms with van der Waals surface area (Å²) < 4.78 is 40.6. The van der Waals surface area contributed by atoms with Gasteiger partial charge < -0.3 is 9.51 Å². The molecule has 0 fully saturated rings. The number of imidazole rings is 1. The van der Waals surface area contributed by atoms with E-state index in [0.717, 1.165) is 43.6 Å². The van der Waals surface area contributed by atoms with Crippen molar-refractivity contribution in [3.8, 4) is 0 Å². The molecule has 0 aliphatic rings. The van der Waals surface area contributed by atoms with Crippen molar-refractivity contribution in [1.82, 2.24) is 15.1 Å². The summed E-state index contributed by atoms with van der Waals surface area (Å²) in [5.41, 5.74) is 1.61. The Balaban J connectivity index is 1.74. The fraction of sp³-hybridized carbons (Fsp3) is 0.600. The van der Waals surface area contributed by atoms with Gasteiger partial charge in [0, 0.05) is 18.7 Å². The number of H-pyrrole nitrogens is 1. The third-order valence-electron chi connectivity index (χ3n) is 3.59. The number of aromatic nitrogens is 3. The summed E-state index contributed by atoms with van der Waals surface area (Å²) in [4.78, 5) is 7.47. The molecule has 2 rings (SSSR count). The SMILES string of the molecule is Cc1cc(C(CCCCCCc2nc(C)c[nH]2)OS(=O)(=O)O)on1. The van der Waals surface area contributed by atoms with Crippen LogP contribution < -0.4 is 0 Å². The second-order valence-corrected chi connectivity index (χ2v) is 6.87. The maximum Gasteiger partial charge on any atom is 0.398 e. The first kappa shape index (κ1) is 18.6. The fourth-order valence-corrected chi connectivity index (χ4v) is 2.97. The van der Waals surface area contributed by atoms with Crippen LogP contribution in [0.4, 0.5) is 0 Å². The predicted molar refractivity (Wildman–Crippen MR) is 86.7 cm³/mol. The van der Waals surface area contributed by atoms with E-state index in [9.17, 15) is 8.42 Å². The zero-order chi connectivity index (χ0) is 17.6. The summed E-state index contributed by atoms with van der Waals surface area (Å²) >= 11 is 0. The van der Waals surface area contributed by atoms with Crippen molar-refractivity contribution >= 4 is 10.4 Å². The number of aromatic amines is 1. The molecule has 8 nitrogen and oxygen atoms in total. The van der Waals surface area contributed by atoms with Gasteiger partial charge in [0.05, 0.1) is 11.4 Å². The second-order valence-electron chi connectivity index (χ2n) is 5.82. The molecule has 0 spiro atoms. The number of nitrogens with one attached hydrogen (secondary N) is 1. The first-order valence-electron chi connectivity index (χ1n) is 7.93. The number of aryl methyl sites for hydroxylation is 3. The zero-order valence-corrected chi connectivity index (χ0v) is 14.7. The quantitative estimate of drug-likeness (QED) is 0.495. The van der Waals surface area contributed by atoms with Gasteiger partial charge in [-0.05, 0) is 26.7 Å². The number of hydrogen-bond donors (Lipinski definition) is 2. The van der Waals surface area contributed by atoms with Gasteiger partial charge in [0.2, 0.25) is 0 Å². The molecule has 2 N–H and O–H groups in total. The Labute approximate surface area is 141 Å². The van der Waals surface area contributed by atoms with Crippen LogP contribution in [0.1, 0.15) is 61.2 Å². The van der Waals surface area contributed by atoms with Gasteiger partial charge in [-0.1, -0.05) is 24.4 Å². The number of hydrogen-bond acceptors (Lipinski definition) is 6. The first-order chi connectivity index (χ1) is 11.3. The molecule has 2 heterocycles. The molecule has 0 radical (unpaired) electrons. The van der Waals surface area contributed by atoms with Crippen LogP contribution in [0.25, 0.3) is 0 Å². The van der Waals surface area contributed by atoms with Gasteiger partial charge in [-0.3, -0.25) is 4.55 Å². The minimum absolute atomic E-state index is 0.302. The third-order valence-corrected chi connectivity index (χ3v) is 4.07. The number of rotatable bonds is 10. The molecule has 2 aromatic rings. The van der Waals surface area contributed by atoms with Crippen molar-refractivity contribution in [3.63, 3.8) is 0 Å². The van der Waals surface area contributed by atoms with Crippen LogP contribution in [-0.4, -0.2) is 28.1 Å². The van der Waals surface area contributed by atoms with Gasteiger partial charge in [-0.15, -0.1) is 0 Å². The lowest BCUT2D eigenvalue weighted by Crippen LogP contribution is -2.10. The van der Waals surface area contributed by atoms with E-state index in [2.05, 4.69) is 15.1 Å². The number of nitrogens with zero attached hydrogens (tertiary/aromatic N) is 2. The molecule has 134 valence electrons. The number of unbranched alkanes of at least 4 members (excludes halogenated alkanes) is 3. The molecular weight excluding hydrogens is 334 g/mol. The lowest BCUT2D eigenvalue weighted by molar-refractivity contribution is 0.139. The molecule has 1 atom stereocenters. The standard InChI is InChI=1S/C15H23N3O5S/c1-11-9-14(22-18-11)13(23-24(19,20)21)7-5-3-4-6-8-15-16-10-12(2)17-15/h9-10,13H,3-8H2,1-2H3,(H,16,17)(H,19,20,21). The van der Waals surface area contributed by atoms with Crippen LogP contribution in [0.3, 0.4) is 0 Å². The van der Waals surface area contributed by atoms with Crippen LogP contribution >= 0.6 is 0 Å². The lowest BCUT2D eigenvalue weighted by atomic mass is 10.1. The molecule has 0 aliphatic carbocycles. The Morgan fingerprint density at radius 1 is 1.25 bits per heavy atom. The Morgan fingerprint density at radius 2 is 2.00 bits per heavy atom. The van der Waals surface area contributed by atoms with E-state index in [1.165, 1.54) is 0 Å². The molecule has 9 heteroatoms. The maximum absolute atomic E-state index is 11.0. The van der Waals surface area contributed by atoms with E-state index in [1.54, 1.807) is 13.0 Å². The molecule has 0 aliphatic heterocycles. The van der Waals surface area contributed by atoms with E-state index < -0.39 is 16.5 Å². The van der Waals surface area contributed by atoms with Gasteiger partial charge in [0.1, 0.15) is 11.9 Å². The van der Waals surface area contributed by atoms with Gasteiger partial charge >= 0.3 is 10.4 Å². The summed E-state index contributed by atoms with van der Waals surface area (Å²) in [6.45, 7) is 3.68. The Bertz CT molecular complexity index is 738. The summed E-state index contributed by atoms with van der Waals surface area (Å²) in [5.74, 6) is 1.29. The van der Waals surface area contributed by atoms with E-state index in [0.29, 0.717) is 17.9 Å². The molecule has 0 aromatic carbocycles. The maximum atomic E-state index is 11.0. The summed E-state index contributed by atoms with van der Waals surface area (Å²) in [6, 6.07) is 1.61. The van der Waals surface area contributed by atoms with Gasteiger partial charge in [0.15, 0.2) is 5.76 Å². The summed E-state index contributed by atoms with van der Waals surface area (Å²) in [6.07, 6.45) is 6.00. The monoisotopic (exact) mass is 357 g/mol. The molecule has 0 saturated carbocycles. The molecular formula is C15H23N3O5S. The zero-order valence-electron chi connectivity index (χ0n) is 13.9. The normalized spacial score (nSPS) is 13.3. The highest BCUT2D eigenvalue weighted by Gasteiger charge is 2.22. The van der Waals surface area contributed by atoms with E-state index in [4.69, 9.17) is 13.3 Å². The van der Waals surface area contributed by atoms with Crippen molar-refractivity contribution in [2.75, 3.05) is 0 Å². The topological polar surface area (TPSA) is 118 Å². The highest BCUT2D eigenvalue weighted by atomic mass is 32.3. The largest absolute Gasteiger partial charge is 0.398 e. The Kier molecular flexibility index (Phi) is 6.52. The molecule has 0 bridgehead atoms. The highest BCUT2D eigenvalue weighted by Crippen LogP contribution is 2.26. The smallest absolute Gasteiger partial charge is 0.358 e. The van der Waals surface area contributed by atoms with Gasteiger partial charge in [0.25, 0.3) is 0 Å². The lowest BCUT2D eigenvalue weighted by Gasteiger charge is -2.12. The molecule has 0 amide bonds. The van der Waals surface area contributed by atoms with Gasteiger partial charge in [-0.2, -0.15) is 8.42 Å². The summed E-state index contributed by atoms with van der Waals surface area (Å²) in [7, 11) is -4.54. The third kappa shape index (κ3) is 6.42. The van der Waals surface area contributed by atoms with Crippen molar-refractivity contribution in [2.24, 2.45) is 0 Å². The second kappa shape index (κ2) is 8.41. The Morgan fingerprint density at radius 3 is 2.58 bits per heavy atom. The van der Waals surface area contributed by atoms with Crippen molar-refractivity contribution in [2.45, 2.75) is 58.5 Å². The van der Waals surface area contributed by atoms with Crippen LogP contribution in [0, 0.1) is 13.8 Å². The van der Waals surface area contributed by atoms with Crippen LogP contribution in [-0.2, 0) is 21.0 Å². The van der Waals surface area contributed by atoms with Crippen LogP contribution in [0.5, 0.6) is 0 Å². The predicted octanol–water partition coefficient (Wildman–Crippen LogP) is 3.07. The fourth-order valence-electron chi connectivity index (χ4n) is 2.49. The van der Waals surface area contributed by atoms with Crippen LogP contribution in [0.2, 0.25) is 0 Å². The van der Waals surface area contributed by atoms with Crippen molar-refractivity contribution < 1.29 is 21.7 Å². The van der Waals surface area contributed by atoms with Crippen molar-refractivity contribution in [3.05, 3.63) is 35.2 Å². The Hall–Kier alpha value is -1.71. The molecule has 0 saturated heterocycles. The summed E-state index contributed by atoms with van der Waals surface area (Å²) in [5, 5.41) is 3.72. The average molecular weight is 357 g/mol. The molecule has 2 aromatic heterocycles. The first-order valence-corrected chi connectivity index (χ1v) is 9.30. The molecule has 24 heavy (non-hydrogen) atoms. The van der Waals surface area contributed by atoms with E-state index in [-0.39, 0.29) is 0 Å². The van der Waals surface area contributed by atoms with Crippen molar-refractivity contribution in [1.29, 1.82) is 0 Å². The minimum Gasteiger partial charge on any atom is -0.358 e. The minimum atomic E-state index is -4.54. The van der Waals surface area contributed by atoms with Gasteiger partial charge in [-0.25, -0.2) is 9.17 Å².